The smallest absolute Gasteiger partial charge is 0.0708 e. The van der Waals surface area contributed by atoms with Gasteiger partial charge in [-0.3, -0.25) is 4.98 Å². The number of hydrogen-bond donors (Lipinski definition) is 0. The Kier molecular flexibility index (Phi) is 1.37. The molecule has 3 aromatic rings. The van der Waals surface area contributed by atoms with Crippen molar-refractivity contribution < 1.29 is 0 Å². The second kappa shape index (κ2) is 2.54. The third-order valence-electron chi connectivity index (χ3n) is 2.18. The van der Waals surface area contributed by atoms with Crippen molar-refractivity contribution in [1.29, 1.82) is 0 Å². The van der Waals surface area contributed by atoms with E-state index in [2.05, 4.69) is 34.6 Å². The summed E-state index contributed by atoms with van der Waals surface area (Å²) in [5.74, 6) is 0. The van der Waals surface area contributed by atoms with Crippen molar-refractivity contribution in [3.05, 3.63) is 41.9 Å². The van der Waals surface area contributed by atoms with Crippen molar-refractivity contribution >= 4 is 32.3 Å². The van der Waals surface area contributed by atoms with Crippen LogP contribution in [0.25, 0.3) is 21.0 Å². The molecule has 0 aliphatic heterocycles. The Morgan fingerprint density at radius 2 is 2.08 bits per heavy atom. The second-order valence-corrected chi connectivity index (χ2v) is 3.95. The van der Waals surface area contributed by atoms with Gasteiger partial charge in [-0.25, -0.2) is 0 Å². The Balaban J connectivity index is 2.57. The normalized spacial score (nSPS) is 11.1. The zero-order valence-corrected chi connectivity index (χ0v) is 7.71. The Labute approximate surface area is 79.7 Å². The molecule has 0 saturated heterocycles. The summed E-state index contributed by atoms with van der Waals surface area (Å²) in [7, 11) is 0. The van der Waals surface area contributed by atoms with E-state index in [1.165, 1.54) is 15.5 Å². The molecule has 0 fully saturated rings. The summed E-state index contributed by atoms with van der Waals surface area (Å²) < 4.78 is 1.33. The predicted octanol–water partition coefficient (Wildman–Crippen LogP) is 3.45. The van der Waals surface area contributed by atoms with Crippen molar-refractivity contribution in [2.75, 3.05) is 0 Å². The van der Waals surface area contributed by atoms with Gasteiger partial charge in [-0.2, -0.15) is 0 Å². The fourth-order valence-electron chi connectivity index (χ4n) is 1.53. The van der Waals surface area contributed by atoms with E-state index in [0.717, 1.165) is 5.52 Å². The molecule has 0 aliphatic rings. The quantitative estimate of drug-likeness (QED) is 0.522. The summed E-state index contributed by atoms with van der Waals surface area (Å²) in [6.45, 7) is 0. The molecule has 3 rings (SSSR count). The van der Waals surface area contributed by atoms with E-state index in [-0.39, 0.29) is 0 Å². The summed E-state index contributed by atoms with van der Waals surface area (Å²) in [4.78, 5) is 4.32. The highest BCUT2D eigenvalue weighted by molar-refractivity contribution is 7.17. The maximum absolute atomic E-state index is 4.32. The summed E-state index contributed by atoms with van der Waals surface area (Å²) in [5.41, 5.74) is 1.08. The molecule has 2 heteroatoms. The van der Waals surface area contributed by atoms with Crippen LogP contribution in [-0.4, -0.2) is 4.98 Å². The number of hydrogen-bond acceptors (Lipinski definition) is 2. The van der Waals surface area contributed by atoms with E-state index in [0.29, 0.717) is 0 Å². The topological polar surface area (TPSA) is 12.9 Å². The van der Waals surface area contributed by atoms with Crippen molar-refractivity contribution in [3.63, 3.8) is 0 Å². The minimum Gasteiger partial charge on any atom is -0.256 e. The molecule has 2 aromatic heterocycles. The Hall–Kier alpha value is -1.41. The first-order valence-electron chi connectivity index (χ1n) is 4.15. The highest BCUT2D eigenvalue weighted by Gasteiger charge is 1.98. The first-order valence-corrected chi connectivity index (χ1v) is 5.03. The lowest BCUT2D eigenvalue weighted by atomic mass is 10.2. The van der Waals surface area contributed by atoms with Crippen molar-refractivity contribution in [1.82, 2.24) is 4.98 Å². The maximum Gasteiger partial charge on any atom is 0.0708 e. The molecule has 1 aromatic carbocycles. The minimum atomic E-state index is 1.08. The van der Waals surface area contributed by atoms with Crippen LogP contribution < -0.4 is 0 Å². The number of benzene rings is 1. The number of rotatable bonds is 0. The van der Waals surface area contributed by atoms with Gasteiger partial charge < -0.3 is 0 Å². The lowest BCUT2D eigenvalue weighted by Gasteiger charge is -1.95. The molecule has 0 N–H and O–H groups in total. The third kappa shape index (κ3) is 1.03. The van der Waals surface area contributed by atoms with E-state index in [1.54, 1.807) is 11.3 Å². The fraction of sp³-hybridized carbons (Fsp3) is 0. The van der Waals surface area contributed by atoms with Gasteiger partial charge in [0.2, 0.25) is 0 Å². The Morgan fingerprint density at radius 3 is 3.08 bits per heavy atom. The van der Waals surface area contributed by atoms with Gasteiger partial charge in [0.15, 0.2) is 0 Å². The zero-order chi connectivity index (χ0) is 8.67. The highest BCUT2D eigenvalue weighted by Crippen LogP contribution is 2.25. The molecule has 0 aliphatic carbocycles. The van der Waals surface area contributed by atoms with Crippen molar-refractivity contribution in [3.8, 4) is 0 Å². The summed E-state index contributed by atoms with van der Waals surface area (Å²) in [6.07, 6.45) is 1.83. The number of nitrogens with zero attached hydrogens (tertiary/aromatic N) is 1. The third-order valence-corrected chi connectivity index (χ3v) is 3.06. The van der Waals surface area contributed by atoms with Gasteiger partial charge in [0.05, 0.1) is 5.52 Å². The Morgan fingerprint density at radius 1 is 1.08 bits per heavy atom. The molecule has 0 saturated carbocycles. The molecule has 1 nitrogen and oxygen atoms in total. The standard InChI is InChI=1S/C11H7NS/c1-2-8-7-11-9(3-5-13-11)6-10(8)12-4-1/h1-7H. The molecule has 13 heavy (non-hydrogen) atoms. The number of aromatic nitrogens is 1. The van der Waals surface area contributed by atoms with Crippen LogP contribution in [0.3, 0.4) is 0 Å². The van der Waals surface area contributed by atoms with Gasteiger partial charge in [0.1, 0.15) is 0 Å². The molecular weight excluding hydrogens is 178 g/mol. The number of fused-ring (bicyclic) bond motifs is 2. The average molecular weight is 185 g/mol. The van der Waals surface area contributed by atoms with Crippen molar-refractivity contribution in [2.45, 2.75) is 0 Å². The van der Waals surface area contributed by atoms with Gasteiger partial charge in [0.25, 0.3) is 0 Å². The van der Waals surface area contributed by atoms with E-state index >= 15 is 0 Å². The lowest BCUT2D eigenvalue weighted by molar-refractivity contribution is 1.42. The van der Waals surface area contributed by atoms with Crippen LogP contribution in [0.1, 0.15) is 0 Å². The van der Waals surface area contributed by atoms with Crippen molar-refractivity contribution in [2.24, 2.45) is 0 Å². The maximum atomic E-state index is 4.32. The van der Waals surface area contributed by atoms with E-state index in [9.17, 15) is 0 Å². The van der Waals surface area contributed by atoms with Crippen LogP contribution in [0.4, 0.5) is 0 Å². The second-order valence-electron chi connectivity index (χ2n) is 3.01. The molecule has 0 radical (unpaired) electrons. The van der Waals surface area contributed by atoms with Gasteiger partial charge in [-0.1, -0.05) is 6.07 Å². The highest BCUT2D eigenvalue weighted by atomic mass is 32.1. The van der Waals surface area contributed by atoms with E-state index < -0.39 is 0 Å². The van der Waals surface area contributed by atoms with Crippen LogP contribution in [0.2, 0.25) is 0 Å². The molecule has 62 valence electrons. The van der Waals surface area contributed by atoms with Gasteiger partial charge >= 0.3 is 0 Å². The first kappa shape index (κ1) is 7.04. The molecule has 0 bridgehead atoms. The van der Waals surface area contributed by atoms with E-state index in [1.807, 2.05) is 12.3 Å². The molecule has 0 spiro atoms. The van der Waals surface area contributed by atoms with Crippen LogP contribution in [0.5, 0.6) is 0 Å². The first-order chi connectivity index (χ1) is 6.43. The lowest BCUT2D eigenvalue weighted by Crippen LogP contribution is -1.75. The largest absolute Gasteiger partial charge is 0.256 e. The molecule has 0 atom stereocenters. The van der Waals surface area contributed by atoms with Crippen LogP contribution in [-0.2, 0) is 0 Å². The van der Waals surface area contributed by atoms with Gasteiger partial charge in [-0.05, 0) is 35.0 Å². The Bertz CT molecular complexity index is 519. The fourth-order valence-corrected chi connectivity index (χ4v) is 2.35. The zero-order valence-electron chi connectivity index (χ0n) is 6.90. The summed E-state index contributed by atoms with van der Waals surface area (Å²) in [5, 5.41) is 4.62. The SMILES string of the molecule is c1cnc2cc3ccsc3cc2c1. The summed E-state index contributed by atoms with van der Waals surface area (Å²) >= 11 is 1.77. The molecule has 0 amide bonds. The molecule has 0 unspecified atom stereocenters. The summed E-state index contributed by atoms with van der Waals surface area (Å²) in [6, 6.07) is 10.5. The van der Waals surface area contributed by atoms with Crippen LogP contribution in [0, 0.1) is 0 Å². The number of thiophene rings is 1. The molecule has 2 heterocycles. The molecular formula is C11H7NS. The van der Waals surface area contributed by atoms with Gasteiger partial charge in [0, 0.05) is 16.3 Å². The average Bonchev–Trinajstić information content (AvgIpc) is 2.61. The minimum absolute atomic E-state index is 1.08. The van der Waals surface area contributed by atoms with Gasteiger partial charge in [-0.15, -0.1) is 11.3 Å². The number of pyridine rings is 1. The van der Waals surface area contributed by atoms with Crippen LogP contribution in [0.15, 0.2) is 41.9 Å². The van der Waals surface area contributed by atoms with Crippen LogP contribution >= 0.6 is 11.3 Å². The monoisotopic (exact) mass is 185 g/mol. The predicted molar refractivity (Wildman–Crippen MR) is 57.1 cm³/mol. The van der Waals surface area contributed by atoms with E-state index in [4.69, 9.17) is 0 Å².